The highest BCUT2D eigenvalue weighted by Crippen LogP contribution is 2.25. The van der Waals surface area contributed by atoms with E-state index >= 15 is 0 Å². The van der Waals surface area contributed by atoms with E-state index < -0.39 is 0 Å². The minimum Gasteiger partial charge on any atom is -0.376 e. The average Bonchev–Trinajstić information content (AvgIpc) is 3.09. The summed E-state index contributed by atoms with van der Waals surface area (Å²) in [5.41, 5.74) is 0.797. The molecule has 0 radical (unpaired) electrons. The molecule has 1 saturated heterocycles. The summed E-state index contributed by atoms with van der Waals surface area (Å²) >= 11 is 1.51. The quantitative estimate of drug-likeness (QED) is 0.923. The highest BCUT2D eigenvalue weighted by atomic mass is 32.1. The molecule has 0 spiro atoms. The van der Waals surface area contributed by atoms with Crippen LogP contribution >= 0.6 is 11.3 Å². The number of hydrogen-bond donors (Lipinski definition) is 1. The number of carbonyl (C=O) groups excluding carboxylic acids is 1. The summed E-state index contributed by atoms with van der Waals surface area (Å²) in [6.45, 7) is 5.14. The van der Waals surface area contributed by atoms with E-state index in [4.69, 9.17) is 4.74 Å². The Morgan fingerprint density at radius 2 is 2.36 bits per heavy atom. The average molecular weight is 321 g/mol. The minimum absolute atomic E-state index is 0.0111. The van der Waals surface area contributed by atoms with Crippen molar-refractivity contribution in [2.45, 2.75) is 39.3 Å². The van der Waals surface area contributed by atoms with Crippen molar-refractivity contribution in [3.63, 3.8) is 0 Å². The first-order valence-electron chi connectivity index (χ1n) is 7.39. The molecule has 1 fully saturated rings. The number of aromatic nitrogens is 2. The summed E-state index contributed by atoms with van der Waals surface area (Å²) in [6.07, 6.45) is 3.56. The molecular weight excluding hydrogens is 302 g/mol. The molecule has 0 saturated carbocycles. The molecule has 3 heterocycles. The van der Waals surface area contributed by atoms with E-state index in [9.17, 15) is 9.59 Å². The molecule has 1 N–H and O–H groups in total. The summed E-state index contributed by atoms with van der Waals surface area (Å²) < 4.78 is 6.83. The SMILES string of the molecule is Cc1sc2ncn(CC(=O)NC[C@H]3CCCO3)c(=O)c2c1C. The number of amides is 1. The summed E-state index contributed by atoms with van der Waals surface area (Å²) in [7, 11) is 0. The third-order valence-corrected chi connectivity index (χ3v) is 5.14. The summed E-state index contributed by atoms with van der Waals surface area (Å²) in [6, 6.07) is 0. The molecule has 118 valence electrons. The lowest BCUT2D eigenvalue weighted by molar-refractivity contribution is -0.122. The molecule has 0 aliphatic carbocycles. The predicted octanol–water partition coefficient (Wildman–Crippen LogP) is 1.37. The molecule has 6 nitrogen and oxygen atoms in total. The largest absolute Gasteiger partial charge is 0.376 e. The van der Waals surface area contributed by atoms with Gasteiger partial charge in [0.1, 0.15) is 11.4 Å². The maximum absolute atomic E-state index is 12.5. The van der Waals surface area contributed by atoms with E-state index in [1.165, 1.54) is 22.2 Å². The van der Waals surface area contributed by atoms with Crippen molar-refractivity contribution in [2.75, 3.05) is 13.2 Å². The zero-order chi connectivity index (χ0) is 15.7. The van der Waals surface area contributed by atoms with Gasteiger partial charge in [-0.25, -0.2) is 4.98 Å². The molecule has 1 aliphatic heterocycles. The van der Waals surface area contributed by atoms with Crippen LogP contribution in [0.15, 0.2) is 11.1 Å². The van der Waals surface area contributed by atoms with E-state index in [0.717, 1.165) is 34.7 Å². The van der Waals surface area contributed by atoms with Crippen molar-refractivity contribution in [2.24, 2.45) is 0 Å². The Morgan fingerprint density at radius 3 is 3.09 bits per heavy atom. The van der Waals surface area contributed by atoms with E-state index in [1.54, 1.807) is 0 Å². The third-order valence-electron chi connectivity index (χ3n) is 4.02. The zero-order valence-electron chi connectivity index (χ0n) is 12.7. The molecular formula is C15H19N3O3S. The maximum Gasteiger partial charge on any atom is 0.262 e. The van der Waals surface area contributed by atoms with Crippen molar-refractivity contribution in [3.8, 4) is 0 Å². The Labute approximate surface area is 132 Å². The molecule has 1 aliphatic rings. The van der Waals surface area contributed by atoms with Crippen molar-refractivity contribution in [1.82, 2.24) is 14.9 Å². The fourth-order valence-electron chi connectivity index (χ4n) is 2.63. The number of rotatable bonds is 4. The summed E-state index contributed by atoms with van der Waals surface area (Å²) in [5, 5.41) is 3.44. The smallest absolute Gasteiger partial charge is 0.262 e. The van der Waals surface area contributed by atoms with Crippen LogP contribution in [-0.2, 0) is 16.1 Å². The molecule has 1 atom stereocenters. The zero-order valence-corrected chi connectivity index (χ0v) is 13.5. The van der Waals surface area contributed by atoms with Crippen molar-refractivity contribution in [3.05, 3.63) is 27.1 Å². The van der Waals surface area contributed by atoms with Crippen molar-refractivity contribution in [1.29, 1.82) is 0 Å². The van der Waals surface area contributed by atoms with E-state index in [2.05, 4.69) is 10.3 Å². The number of nitrogens with zero attached hydrogens (tertiary/aromatic N) is 2. The Bertz CT molecular complexity index is 759. The lowest BCUT2D eigenvalue weighted by Gasteiger charge is -2.11. The topological polar surface area (TPSA) is 73.2 Å². The van der Waals surface area contributed by atoms with Gasteiger partial charge in [-0.1, -0.05) is 0 Å². The normalized spacial score (nSPS) is 18.0. The highest BCUT2D eigenvalue weighted by molar-refractivity contribution is 7.18. The summed E-state index contributed by atoms with van der Waals surface area (Å²) in [4.78, 5) is 30.6. The van der Waals surface area contributed by atoms with Crippen molar-refractivity contribution < 1.29 is 9.53 Å². The molecule has 2 aromatic rings. The number of thiophene rings is 1. The molecule has 0 unspecified atom stereocenters. The second-order valence-corrected chi connectivity index (χ2v) is 6.78. The van der Waals surface area contributed by atoms with Crippen LogP contribution < -0.4 is 10.9 Å². The van der Waals surface area contributed by atoms with E-state index in [1.807, 2.05) is 13.8 Å². The molecule has 7 heteroatoms. The van der Waals surface area contributed by atoms with Gasteiger partial charge < -0.3 is 10.1 Å². The second kappa shape index (κ2) is 6.18. The molecule has 2 aromatic heterocycles. The van der Waals surface area contributed by atoms with Crippen LogP contribution in [0.3, 0.4) is 0 Å². The molecule has 3 rings (SSSR count). The minimum atomic E-state index is -0.191. The lowest BCUT2D eigenvalue weighted by Crippen LogP contribution is -2.36. The van der Waals surface area contributed by atoms with Gasteiger partial charge in [-0.2, -0.15) is 0 Å². The first kappa shape index (κ1) is 15.2. The van der Waals surface area contributed by atoms with Crippen LogP contribution in [0, 0.1) is 13.8 Å². The highest BCUT2D eigenvalue weighted by Gasteiger charge is 2.17. The monoisotopic (exact) mass is 321 g/mol. The van der Waals surface area contributed by atoms with E-state index in [-0.39, 0.29) is 24.1 Å². The van der Waals surface area contributed by atoms with Crippen LogP contribution in [0.5, 0.6) is 0 Å². The third kappa shape index (κ3) is 2.91. The number of carbonyl (C=O) groups is 1. The van der Waals surface area contributed by atoms with Crippen LogP contribution in [-0.4, -0.2) is 34.7 Å². The fourth-order valence-corrected chi connectivity index (χ4v) is 3.61. The standard InChI is InChI=1S/C15H19N3O3S/c1-9-10(2)22-14-13(9)15(20)18(8-17-14)7-12(19)16-6-11-4-3-5-21-11/h8,11H,3-7H2,1-2H3,(H,16,19)/t11-/m1/s1. The number of fused-ring (bicyclic) bond motifs is 1. The van der Waals surface area contributed by atoms with Gasteiger partial charge in [0.25, 0.3) is 5.56 Å². The Morgan fingerprint density at radius 1 is 1.55 bits per heavy atom. The molecule has 0 bridgehead atoms. The first-order chi connectivity index (χ1) is 10.6. The van der Waals surface area contributed by atoms with Gasteiger partial charge in [0.15, 0.2) is 0 Å². The van der Waals surface area contributed by atoms with Gasteiger partial charge in [-0.15, -0.1) is 11.3 Å². The van der Waals surface area contributed by atoms with Crippen molar-refractivity contribution >= 4 is 27.5 Å². The number of hydrogen-bond acceptors (Lipinski definition) is 5. The molecule has 22 heavy (non-hydrogen) atoms. The van der Waals surface area contributed by atoms with Crippen LogP contribution in [0.1, 0.15) is 23.3 Å². The molecule has 1 amide bonds. The molecule has 0 aromatic carbocycles. The van der Waals surface area contributed by atoms with Gasteiger partial charge in [0.05, 0.1) is 17.8 Å². The second-order valence-electron chi connectivity index (χ2n) is 5.58. The van der Waals surface area contributed by atoms with Gasteiger partial charge >= 0.3 is 0 Å². The van der Waals surface area contributed by atoms with E-state index in [0.29, 0.717) is 11.9 Å². The van der Waals surface area contributed by atoms with Gasteiger partial charge in [-0.05, 0) is 32.3 Å². The van der Waals surface area contributed by atoms with Crippen LogP contribution in [0.2, 0.25) is 0 Å². The predicted molar refractivity (Wildman–Crippen MR) is 85.3 cm³/mol. The number of nitrogens with one attached hydrogen (secondary N) is 1. The Balaban J connectivity index is 1.73. The number of ether oxygens (including phenoxy) is 1. The maximum atomic E-state index is 12.5. The first-order valence-corrected chi connectivity index (χ1v) is 8.21. The Hall–Kier alpha value is -1.73. The summed E-state index contributed by atoms with van der Waals surface area (Å²) in [5.74, 6) is -0.191. The van der Waals surface area contributed by atoms with Gasteiger partial charge in [-0.3, -0.25) is 14.2 Å². The van der Waals surface area contributed by atoms with Crippen LogP contribution in [0.25, 0.3) is 10.2 Å². The lowest BCUT2D eigenvalue weighted by atomic mass is 10.2. The fraction of sp³-hybridized carbons (Fsp3) is 0.533. The number of aryl methyl sites for hydroxylation is 2. The van der Waals surface area contributed by atoms with Gasteiger partial charge in [0, 0.05) is 18.0 Å². The van der Waals surface area contributed by atoms with Gasteiger partial charge in [0.2, 0.25) is 5.91 Å². The Kier molecular flexibility index (Phi) is 4.26. The van der Waals surface area contributed by atoms with Crippen LogP contribution in [0.4, 0.5) is 0 Å².